The average molecular weight is 348 g/mol. The van der Waals surface area contributed by atoms with Crippen molar-refractivity contribution in [2.24, 2.45) is 0 Å². The first-order valence-electron chi connectivity index (χ1n) is 9.08. The van der Waals surface area contributed by atoms with Crippen LogP contribution in [0.3, 0.4) is 0 Å². The third kappa shape index (κ3) is 3.32. The van der Waals surface area contributed by atoms with E-state index in [0.717, 1.165) is 44.2 Å². The Morgan fingerprint density at radius 2 is 1.65 bits per heavy atom. The molecule has 0 bridgehead atoms. The molecule has 0 amide bonds. The van der Waals surface area contributed by atoms with Crippen LogP contribution >= 0.6 is 0 Å². The fourth-order valence-electron chi connectivity index (χ4n) is 3.50. The van der Waals surface area contributed by atoms with E-state index in [1.54, 1.807) is 0 Å². The second kappa shape index (κ2) is 7.25. The summed E-state index contributed by atoms with van der Waals surface area (Å²) in [7, 11) is 0. The van der Waals surface area contributed by atoms with E-state index in [2.05, 4.69) is 57.4 Å². The van der Waals surface area contributed by atoms with E-state index in [0.29, 0.717) is 0 Å². The summed E-state index contributed by atoms with van der Waals surface area (Å²) in [5, 5.41) is 12.3. The monoisotopic (exact) mass is 348 g/mol. The molecule has 1 saturated heterocycles. The molecule has 1 aliphatic heterocycles. The molecule has 2 heterocycles. The van der Waals surface area contributed by atoms with Crippen molar-refractivity contribution in [3.63, 3.8) is 0 Å². The number of anilines is 1. The minimum atomic E-state index is 0.766. The van der Waals surface area contributed by atoms with Crippen molar-refractivity contribution in [2.75, 3.05) is 31.1 Å². The Hall–Kier alpha value is -2.73. The molecule has 1 aliphatic rings. The highest BCUT2D eigenvalue weighted by molar-refractivity contribution is 5.56. The van der Waals surface area contributed by atoms with Gasteiger partial charge in [0.05, 0.1) is 12.2 Å². The van der Waals surface area contributed by atoms with Gasteiger partial charge in [-0.25, -0.2) is 0 Å². The molecule has 0 aliphatic carbocycles. The van der Waals surface area contributed by atoms with Gasteiger partial charge in [0, 0.05) is 31.9 Å². The molecule has 0 saturated carbocycles. The van der Waals surface area contributed by atoms with Gasteiger partial charge in [-0.1, -0.05) is 30.3 Å². The summed E-state index contributed by atoms with van der Waals surface area (Å²) in [6.07, 6.45) is 0. The quantitative estimate of drug-likeness (QED) is 0.725. The highest BCUT2D eigenvalue weighted by Gasteiger charge is 2.21. The van der Waals surface area contributed by atoms with Crippen LogP contribution in [0.25, 0.3) is 5.69 Å². The summed E-state index contributed by atoms with van der Waals surface area (Å²) in [5.74, 6) is 0.886. The van der Waals surface area contributed by atoms with E-state index in [1.807, 2.05) is 35.0 Å². The van der Waals surface area contributed by atoms with Gasteiger partial charge in [0.1, 0.15) is 0 Å². The Morgan fingerprint density at radius 3 is 2.42 bits per heavy atom. The largest absolute Gasteiger partial charge is 0.369 e. The lowest BCUT2D eigenvalue weighted by Crippen LogP contribution is -2.46. The SMILES string of the molecule is Cc1cccc(N2CCN(Cc3nnnn3-c3ccccc3)CC2)c1C. The summed E-state index contributed by atoms with van der Waals surface area (Å²) >= 11 is 0. The second-order valence-electron chi connectivity index (χ2n) is 6.82. The van der Waals surface area contributed by atoms with Crippen LogP contribution in [0.4, 0.5) is 5.69 Å². The Balaban J connectivity index is 1.42. The zero-order chi connectivity index (χ0) is 17.9. The van der Waals surface area contributed by atoms with Crippen molar-refractivity contribution < 1.29 is 0 Å². The van der Waals surface area contributed by atoms with E-state index >= 15 is 0 Å². The zero-order valence-corrected chi connectivity index (χ0v) is 15.3. The molecule has 1 fully saturated rings. The lowest BCUT2D eigenvalue weighted by molar-refractivity contribution is 0.242. The van der Waals surface area contributed by atoms with Crippen molar-refractivity contribution in [1.29, 1.82) is 0 Å². The summed E-state index contributed by atoms with van der Waals surface area (Å²) in [6, 6.07) is 16.6. The first kappa shape index (κ1) is 16.7. The molecule has 134 valence electrons. The van der Waals surface area contributed by atoms with Crippen LogP contribution in [-0.2, 0) is 6.54 Å². The van der Waals surface area contributed by atoms with Crippen LogP contribution in [-0.4, -0.2) is 51.3 Å². The molecule has 6 heteroatoms. The van der Waals surface area contributed by atoms with Gasteiger partial charge in [0.25, 0.3) is 0 Å². The fourth-order valence-corrected chi connectivity index (χ4v) is 3.50. The number of piperazine rings is 1. The summed E-state index contributed by atoms with van der Waals surface area (Å²) < 4.78 is 1.83. The van der Waals surface area contributed by atoms with Gasteiger partial charge in [0.2, 0.25) is 0 Å². The number of rotatable bonds is 4. The number of hydrogen-bond acceptors (Lipinski definition) is 5. The number of hydrogen-bond donors (Lipinski definition) is 0. The van der Waals surface area contributed by atoms with Crippen LogP contribution in [0.1, 0.15) is 17.0 Å². The molecule has 0 radical (unpaired) electrons. The first-order valence-corrected chi connectivity index (χ1v) is 9.08. The van der Waals surface area contributed by atoms with E-state index in [1.165, 1.54) is 16.8 Å². The van der Waals surface area contributed by atoms with Crippen LogP contribution in [0.2, 0.25) is 0 Å². The van der Waals surface area contributed by atoms with Gasteiger partial charge in [0.15, 0.2) is 5.82 Å². The van der Waals surface area contributed by atoms with Crippen molar-refractivity contribution in [3.05, 3.63) is 65.5 Å². The molecule has 2 aromatic carbocycles. The molecule has 6 nitrogen and oxygen atoms in total. The first-order chi connectivity index (χ1) is 12.7. The van der Waals surface area contributed by atoms with Crippen molar-refractivity contribution in [1.82, 2.24) is 25.1 Å². The van der Waals surface area contributed by atoms with Gasteiger partial charge in [-0.2, -0.15) is 4.68 Å². The van der Waals surface area contributed by atoms with Crippen molar-refractivity contribution in [2.45, 2.75) is 20.4 Å². The predicted octanol–water partition coefficient (Wildman–Crippen LogP) is 2.60. The second-order valence-corrected chi connectivity index (χ2v) is 6.82. The highest BCUT2D eigenvalue weighted by atomic mass is 15.5. The lowest BCUT2D eigenvalue weighted by Gasteiger charge is -2.36. The molecule has 1 aromatic heterocycles. The molecule has 0 spiro atoms. The maximum absolute atomic E-state index is 4.24. The summed E-state index contributed by atoms with van der Waals surface area (Å²) in [4.78, 5) is 4.91. The molecule has 26 heavy (non-hydrogen) atoms. The molecule has 0 unspecified atom stereocenters. The van der Waals surface area contributed by atoms with Crippen LogP contribution < -0.4 is 4.90 Å². The van der Waals surface area contributed by atoms with Crippen molar-refractivity contribution >= 4 is 5.69 Å². The Labute approximate surface area is 154 Å². The molecule has 3 aromatic rings. The standard InChI is InChI=1S/C20H24N6/c1-16-7-6-10-19(17(16)2)25-13-11-24(12-14-25)15-20-21-22-23-26(20)18-8-4-3-5-9-18/h3-10H,11-15H2,1-2H3. The van der Waals surface area contributed by atoms with Gasteiger partial charge in [-0.05, 0) is 53.6 Å². The number of tetrazole rings is 1. The number of para-hydroxylation sites is 1. The zero-order valence-electron chi connectivity index (χ0n) is 15.3. The number of aryl methyl sites for hydroxylation is 1. The topological polar surface area (TPSA) is 50.1 Å². The third-order valence-electron chi connectivity index (χ3n) is 5.19. The average Bonchev–Trinajstić information content (AvgIpc) is 3.14. The van der Waals surface area contributed by atoms with Crippen LogP contribution in [0.15, 0.2) is 48.5 Å². The summed E-state index contributed by atoms with van der Waals surface area (Å²) in [5.41, 5.74) is 5.10. The van der Waals surface area contributed by atoms with Crippen LogP contribution in [0, 0.1) is 13.8 Å². The van der Waals surface area contributed by atoms with Gasteiger partial charge >= 0.3 is 0 Å². The van der Waals surface area contributed by atoms with Gasteiger partial charge in [-0.15, -0.1) is 5.10 Å². The van der Waals surface area contributed by atoms with Crippen LogP contribution in [0.5, 0.6) is 0 Å². The van der Waals surface area contributed by atoms with Gasteiger partial charge < -0.3 is 4.90 Å². The maximum Gasteiger partial charge on any atom is 0.170 e. The van der Waals surface area contributed by atoms with Crippen molar-refractivity contribution in [3.8, 4) is 5.69 Å². The lowest BCUT2D eigenvalue weighted by atomic mass is 10.1. The molecule has 0 N–H and O–H groups in total. The van der Waals surface area contributed by atoms with E-state index in [4.69, 9.17) is 0 Å². The predicted molar refractivity (Wildman–Crippen MR) is 103 cm³/mol. The third-order valence-corrected chi connectivity index (χ3v) is 5.19. The molecule has 0 atom stereocenters. The van der Waals surface area contributed by atoms with Gasteiger partial charge in [-0.3, -0.25) is 4.90 Å². The smallest absolute Gasteiger partial charge is 0.170 e. The molecular formula is C20H24N6. The Kier molecular flexibility index (Phi) is 4.67. The minimum Gasteiger partial charge on any atom is -0.369 e. The Bertz CT molecular complexity index is 865. The van der Waals surface area contributed by atoms with E-state index < -0.39 is 0 Å². The fraction of sp³-hybridized carbons (Fsp3) is 0.350. The van der Waals surface area contributed by atoms with E-state index in [-0.39, 0.29) is 0 Å². The minimum absolute atomic E-state index is 0.766. The highest BCUT2D eigenvalue weighted by Crippen LogP contribution is 2.24. The molecular weight excluding hydrogens is 324 g/mol. The summed E-state index contributed by atoms with van der Waals surface area (Å²) in [6.45, 7) is 9.23. The number of nitrogens with zero attached hydrogens (tertiary/aromatic N) is 6. The normalized spacial score (nSPS) is 15.4. The number of aromatic nitrogens is 4. The molecule has 4 rings (SSSR count). The Morgan fingerprint density at radius 1 is 0.885 bits per heavy atom. The maximum atomic E-state index is 4.24. The van der Waals surface area contributed by atoms with E-state index in [9.17, 15) is 0 Å². The number of benzene rings is 2.